The van der Waals surface area contributed by atoms with Crippen molar-refractivity contribution in [2.75, 3.05) is 26.2 Å². The van der Waals surface area contributed by atoms with E-state index in [1.807, 2.05) is 0 Å². The van der Waals surface area contributed by atoms with Crippen molar-refractivity contribution < 1.29 is 50.5 Å². The minimum atomic E-state index is -1.83. The zero-order valence-electron chi connectivity index (χ0n) is 17.1. The van der Waals surface area contributed by atoms with Gasteiger partial charge in [-0.05, 0) is 25.7 Å². The Morgan fingerprint density at radius 1 is 0.739 bits per heavy atom. The number of carboxylic acid groups (broad SMARTS) is 2. The second-order valence-corrected chi connectivity index (χ2v) is 5.93. The van der Waals surface area contributed by atoms with E-state index in [9.17, 15) is 0 Å². The van der Waals surface area contributed by atoms with E-state index < -0.39 is 6.16 Å². The molecule has 0 aromatic carbocycles. The monoisotopic (exact) mass is 408 g/mol. The van der Waals surface area contributed by atoms with Gasteiger partial charge in [0.2, 0.25) is 0 Å². The number of halogens is 1. The molecule has 0 aliphatic heterocycles. The summed E-state index contributed by atoms with van der Waals surface area (Å²) in [7, 11) is 0. The molecule has 0 saturated heterocycles. The van der Waals surface area contributed by atoms with Gasteiger partial charge in [-0.1, -0.05) is 53.4 Å². The van der Waals surface area contributed by atoms with Crippen LogP contribution >= 0.6 is 17.0 Å². The van der Waals surface area contributed by atoms with Crippen LogP contribution in [0.5, 0.6) is 0 Å². The van der Waals surface area contributed by atoms with Crippen LogP contribution in [-0.4, -0.2) is 47.0 Å². The van der Waals surface area contributed by atoms with Crippen molar-refractivity contribution in [1.82, 2.24) is 0 Å². The standard InChI is InChI=1S/C16H36N.CH2O3.BrH.Na.H/c1-5-9-13-17(14-10-6-2,15-11-7-3)16-12-8-4;2-1(3)4;;;/h5-16H2,1-4H3;(H2,2,3,4);1H;;/q+1;;;+1;-1. The molecule has 0 rings (SSSR count). The average molecular weight is 409 g/mol. The number of nitrogens with zero attached hydrogens (tertiary/aromatic N) is 1. The van der Waals surface area contributed by atoms with E-state index in [2.05, 4.69) is 27.7 Å². The van der Waals surface area contributed by atoms with E-state index in [0.29, 0.717) is 0 Å². The molecule has 0 aromatic rings. The Morgan fingerprint density at radius 3 is 1.04 bits per heavy atom. The molecule has 0 bridgehead atoms. The Morgan fingerprint density at radius 2 is 0.913 bits per heavy atom. The van der Waals surface area contributed by atoms with Gasteiger partial charge in [0, 0.05) is 0 Å². The molecular formula is C17H40BrNNaO3+. The van der Waals surface area contributed by atoms with Crippen molar-refractivity contribution in [3.05, 3.63) is 0 Å². The van der Waals surface area contributed by atoms with E-state index >= 15 is 0 Å². The van der Waals surface area contributed by atoms with Gasteiger partial charge in [0.15, 0.2) is 0 Å². The van der Waals surface area contributed by atoms with Crippen LogP contribution in [0.1, 0.15) is 80.5 Å². The molecule has 23 heavy (non-hydrogen) atoms. The number of unbranched alkanes of at least 4 members (excludes halogenated alkanes) is 4. The number of quaternary nitrogens is 1. The van der Waals surface area contributed by atoms with Gasteiger partial charge in [-0.2, -0.15) is 0 Å². The van der Waals surface area contributed by atoms with E-state index in [1.54, 1.807) is 0 Å². The van der Waals surface area contributed by atoms with Crippen molar-refractivity contribution in [2.24, 2.45) is 0 Å². The van der Waals surface area contributed by atoms with E-state index in [4.69, 9.17) is 15.0 Å². The molecule has 0 amide bonds. The van der Waals surface area contributed by atoms with Crippen LogP contribution in [0.3, 0.4) is 0 Å². The number of carbonyl (C=O) groups is 1. The third-order valence-corrected chi connectivity index (χ3v) is 3.94. The van der Waals surface area contributed by atoms with Gasteiger partial charge in [0.1, 0.15) is 0 Å². The Bertz CT molecular complexity index is 208. The first-order valence-corrected chi connectivity index (χ1v) is 8.74. The molecule has 0 heterocycles. The minimum absolute atomic E-state index is 0. The van der Waals surface area contributed by atoms with Crippen LogP contribution < -0.4 is 29.6 Å². The van der Waals surface area contributed by atoms with Crippen LogP contribution in [0, 0.1) is 0 Å². The van der Waals surface area contributed by atoms with Gasteiger partial charge in [0.25, 0.3) is 0 Å². The fourth-order valence-electron chi connectivity index (χ4n) is 2.64. The van der Waals surface area contributed by atoms with Crippen molar-refractivity contribution in [1.29, 1.82) is 0 Å². The topological polar surface area (TPSA) is 57.5 Å². The molecule has 0 aliphatic rings. The smallest absolute Gasteiger partial charge is 1.00 e. The van der Waals surface area contributed by atoms with Gasteiger partial charge in [-0.3, -0.25) is 0 Å². The summed E-state index contributed by atoms with van der Waals surface area (Å²) in [5, 5.41) is 13.9. The van der Waals surface area contributed by atoms with Crippen molar-refractivity contribution in [3.8, 4) is 0 Å². The molecule has 2 N–H and O–H groups in total. The van der Waals surface area contributed by atoms with E-state index in [0.717, 1.165) is 0 Å². The zero-order chi connectivity index (χ0) is 16.6. The minimum Gasteiger partial charge on any atom is -1.00 e. The van der Waals surface area contributed by atoms with Gasteiger partial charge >= 0.3 is 35.7 Å². The summed E-state index contributed by atoms with van der Waals surface area (Å²) in [6, 6.07) is 0. The number of hydrogen-bond donors (Lipinski definition) is 2. The second-order valence-electron chi connectivity index (χ2n) is 5.93. The summed E-state index contributed by atoms with van der Waals surface area (Å²) in [4.78, 5) is 8.56. The Hall–Kier alpha value is 0.710. The molecule has 4 nitrogen and oxygen atoms in total. The summed E-state index contributed by atoms with van der Waals surface area (Å²) in [6.07, 6.45) is 9.23. The first-order valence-electron chi connectivity index (χ1n) is 8.74. The first-order chi connectivity index (χ1) is 9.97. The molecular weight excluding hydrogens is 369 g/mol. The predicted octanol–water partition coefficient (Wildman–Crippen LogP) is 2.92. The maximum absolute atomic E-state index is 8.56. The summed E-state index contributed by atoms with van der Waals surface area (Å²) in [5.74, 6) is 0. The molecule has 0 spiro atoms. The predicted molar refractivity (Wildman–Crippen MR) is 101 cm³/mol. The first kappa shape index (κ1) is 31.5. The fourth-order valence-corrected chi connectivity index (χ4v) is 2.64. The maximum atomic E-state index is 8.56. The van der Waals surface area contributed by atoms with Gasteiger partial charge in [-0.25, -0.2) is 4.79 Å². The largest absolute Gasteiger partial charge is 1.00 e. The van der Waals surface area contributed by atoms with Crippen molar-refractivity contribution in [3.63, 3.8) is 0 Å². The van der Waals surface area contributed by atoms with Gasteiger partial charge in [-0.15, -0.1) is 17.0 Å². The van der Waals surface area contributed by atoms with Crippen LogP contribution in [0.25, 0.3) is 0 Å². The Labute approximate surface area is 178 Å². The summed E-state index contributed by atoms with van der Waals surface area (Å²) in [6.45, 7) is 15.0. The molecule has 0 unspecified atom stereocenters. The third-order valence-electron chi connectivity index (χ3n) is 3.94. The molecule has 0 atom stereocenters. The molecule has 0 saturated carbocycles. The molecule has 6 heteroatoms. The van der Waals surface area contributed by atoms with Crippen LogP contribution in [0.4, 0.5) is 4.79 Å². The summed E-state index contributed by atoms with van der Waals surface area (Å²) in [5.41, 5.74) is 0. The average Bonchev–Trinajstić information content (AvgIpc) is 2.45. The van der Waals surface area contributed by atoms with Crippen LogP contribution in [0.15, 0.2) is 0 Å². The number of hydrogen-bond acceptors (Lipinski definition) is 1. The van der Waals surface area contributed by atoms with Crippen molar-refractivity contribution >= 4 is 23.1 Å². The van der Waals surface area contributed by atoms with Gasteiger partial charge in [0.05, 0.1) is 26.2 Å². The second kappa shape index (κ2) is 22.7. The molecule has 0 radical (unpaired) electrons. The SMILES string of the molecule is Br.CCCC[N+](CCCC)(CCCC)CCCC.O=C(O)O.[H-].[Na+]. The molecule has 0 aliphatic carbocycles. The number of rotatable bonds is 12. The zero-order valence-corrected chi connectivity index (χ0v) is 19.9. The Kier molecular flexibility index (Phi) is 31.1. The van der Waals surface area contributed by atoms with Gasteiger partial charge < -0.3 is 16.1 Å². The molecule has 138 valence electrons. The third kappa shape index (κ3) is 22.7. The van der Waals surface area contributed by atoms with Crippen LogP contribution in [0.2, 0.25) is 0 Å². The summed E-state index contributed by atoms with van der Waals surface area (Å²) >= 11 is 0. The fraction of sp³-hybridized carbons (Fsp3) is 0.941. The Balaban J connectivity index is -0.000000154. The molecule has 0 fully saturated rings. The molecule has 0 aromatic heterocycles. The normalized spacial score (nSPS) is 9.91. The quantitative estimate of drug-likeness (QED) is 0.385. The van der Waals surface area contributed by atoms with Crippen LogP contribution in [-0.2, 0) is 0 Å². The summed E-state index contributed by atoms with van der Waals surface area (Å²) < 4.78 is 1.42. The van der Waals surface area contributed by atoms with E-state index in [-0.39, 0.29) is 48.0 Å². The maximum Gasteiger partial charge on any atom is 1.00 e. The van der Waals surface area contributed by atoms with Crippen molar-refractivity contribution in [2.45, 2.75) is 79.1 Å². The van der Waals surface area contributed by atoms with E-state index in [1.165, 1.54) is 82.0 Å².